The minimum absolute atomic E-state index is 0.425. The van der Waals surface area contributed by atoms with Gasteiger partial charge in [-0.15, -0.1) is 7.59 Å². The first-order chi connectivity index (χ1) is 5.75. The number of hydrogen-bond donors (Lipinski definition) is 0. The Balaban J connectivity index is 5.54. The Morgan fingerprint density at radius 2 is 0.714 bits per heavy atom. The van der Waals surface area contributed by atoms with Crippen LogP contribution < -0.4 is 0 Å². The molecule has 0 aromatic heterocycles. The predicted molar refractivity (Wildman–Crippen MR) is 72.0 cm³/mol. The maximum absolute atomic E-state index is 3.29. The Bertz CT molecular complexity index is 162. The van der Waals surface area contributed by atoms with E-state index in [1.165, 1.54) is 0 Å². The second-order valence-corrected chi connectivity index (χ2v) is 16.3. The molecule has 14 heavy (non-hydrogen) atoms. The Kier molecular flexibility index (Phi) is 3.59. The fourth-order valence-corrected chi connectivity index (χ4v) is 10.1. The van der Waals surface area contributed by atoms with Crippen molar-refractivity contribution in [1.29, 1.82) is 0 Å². The van der Waals surface area contributed by atoms with E-state index in [9.17, 15) is 0 Å². The quantitative estimate of drug-likeness (QED) is 0.544. The van der Waals surface area contributed by atoms with Gasteiger partial charge in [-0.3, -0.25) is 0 Å². The lowest BCUT2D eigenvalue weighted by molar-refractivity contribution is 0.556. The van der Waals surface area contributed by atoms with Crippen molar-refractivity contribution in [3.8, 4) is 0 Å². The lowest BCUT2D eigenvalue weighted by Gasteiger charge is -2.66. The van der Waals surface area contributed by atoms with Crippen LogP contribution in [0.2, 0.25) is 15.1 Å². The third kappa shape index (κ3) is 2.16. The van der Waals surface area contributed by atoms with Gasteiger partial charge in [0, 0.05) is 0 Å². The first-order valence-electron chi connectivity index (χ1n) is 5.54. The molecule has 0 saturated carbocycles. The summed E-state index contributed by atoms with van der Waals surface area (Å²) < 4.78 is 0. The second-order valence-electron chi connectivity index (χ2n) is 7.56. The van der Waals surface area contributed by atoms with Crippen LogP contribution in [0, 0.1) is 0 Å². The van der Waals surface area contributed by atoms with Crippen molar-refractivity contribution < 1.29 is 0 Å². The molecule has 0 fully saturated rings. The third-order valence-corrected chi connectivity index (χ3v) is 18.4. The maximum atomic E-state index is 3.29. The molecule has 2 heteroatoms. The Morgan fingerprint density at radius 1 is 0.571 bits per heavy atom. The minimum atomic E-state index is -1.44. The van der Waals surface area contributed by atoms with Crippen molar-refractivity contribution in [3.63, 3.8) is 0 Å². The van der Waals surface area contributed by atoms with Crippen molar-refractivity contribution in [2.45, 2.75) is 77.4 Å². The molecule has 0 bridgehead atoms. The molecule has 0 nitrogen and oxygen atoms in total. The van der Waals surface area contributed by atoms with Crippen LogP contribution in [-0.2, 0) is 0 Å². The van der Waals surface area contributed by atoms with E-state index in [1.54, 1.807) is 0 Å². The van der Waals surface area contributed by atoms with Crippen LogP contribution in [0.4, 0.5) is 0 Å². The normalized spacial score (nSPS) is 15.9. The van der Waals surface area contributed by atoms with Gasteiger partial charge >= 0.3 is 0 Å². The fraction of sp³-hybridized carbons (Fsp3) is 1.00. The summed E-state index contributed by atoms with van der Waals surface area (Å²) in [6.45, 7) is 21.6. The molecule has 0 aromatic carbocycles. The first-order valence-corrected chi connectivity index (χ1v) is 9.35. The van der Waals surface area contributed by atoms with E-state index in [4.69, 9.17) is 0 Å². The first kappa shape index (κ1) is 14.4. The standard InChI is InChI=1S/C12H28Si2/c1-10(2,3)14(13,11(4,5)6)12(7,8)9/h13H,1-9H3/q-1. The molecule has 85 valence electrons. The maximum Gasteiger partial charge on any atom is -0.0653 e. The van der Waals surface area contributed by atoms with E-state index < -0.39 is 7.59 Å². The van der Waals surface area contributed by atoms with Gasteiger partial charge in [0.05, 0.1) is 0 Å². The van der Waals surface area contributed by atoms with E-state index >= 15 is 0 Å². The summed E-state index contributed by atoms with van der Waals surface area (Å²) in [5.74, 6) is 0. The highest BCUT2D eigenvalue weighted by atomic mass is 29.2. The van der Waals surface area contributed by atoms with Crippen LogP contribution in [0.15, 0.2) is 0 Å². The van der Waals surface area contributed by atoms with Gasteiger partial charge in [-0.05, 0) is 0 Å². The van der Waals surface area contributed by atoms with Gasteiger partial charge in [0.2, 0.25) is 0 Å². The zero-order chi connectivity index (χ0) is 12.0. The smallest absolute Gasteiger partial charge is 0.0653 e. The van der Waals surface area contributed by atoms with Gasteiger partial charge < -0.3 is 9.76 Å². The molecule has 0 rings (SSSR count). The Morgan fingerprint density at radius 3 is 0.714 bits per heavy atom. The van der Waals surface area contributed by atoms with Crippen LogP contribution in [0.1, 0.15) is 62.3 Å². The fourth-order valence-electron chi connectivity index (χ4n) is 3.38. The van der Waals surface area contributed by atoms with Gasteiger partial charge in [-0.25, -0.2) is 0 Å². The van der Waals surface area contributed by atoms with Gasteiger partial charge in [-0.1, -0.05) is 77.4 Å². The summed E-state index contributed by atoms with van der Waals surface area (Å²) in [6.07, 6.45) is 0. The molecule has 0 heterocycles. The molecule has 0 N–H and O–H groups in total. The van der Waals surface area contributed by atoms with Crippen molar-refractivity contribution in [3.05, 3.63) is 0 Å². The summed E-state index contributed by atoms with van der Waals surface area (Å²) in [7, 11) is 1.85. The Hall–Kier alpha value is 0.434. The lowest BCUT2D eigenvalue weighted by atomic mass is 10.2. The number of hydrogen-bond acceptors (Lipinski definition) is 0. The molecule has 0 spiro atoms. The van der Waals surface area contributed by atoms with Crippen molar-refractivity contribution in [1.82, 2.24) is 0 Å². The van der Waals surface area contributed by atoms with Crippen molar-refractivity contribution in [2.75, 3.05) is 0 Å². The van der Waals surface area contributed by atoms with E-state index in [0.29, 0.717) is 15.1 Å². The van der Waals surface area contributed by atoms with Crippen molar-refractivity contribution in [2.24, 2.45) is 0 Å². The summed E-state index contributed by atoms with van der Waals surface area (Å²) in [5.41, 5.74) is 0. The summed E-state index contributed by atoms with van der Waals surface area (Å²) in [4.78, 5) is 0. The van der Waals surface area contributed by atoms with Crippen LogP contribution >= 0.6 is 0 Å². The average Bonchev–Trinajstić information content (AvgIpc) is 1.77. The molecule has 1 radical (unpaired) electrons. The number of rotatable bonds is 0. The molecule has 0 aliphatic carbocycles. The zero-order valence-electron chi connectivity index (χ0n) is 11.6. The Labute approximate surface area is 95.1 Å². The molecular weight excluding hydrogens is 200 g/mol. The van der Waals surface area contributed by atoms with Gasteiger partial charge in [0.1, 0.15) is 0 Å². The molecule has 0 aliphatic rings. The summed E-state index contributed by atoms with van der Waals surface area (Å²) in [6, 6.07) is 0. The molecule has 0 atom stereocenters. The van der Waals surface area contributed by atoms with E-state index in [2.05, 4.69) is 72.1 Å². The highest BCUT2D eigenvalue weighted by Crippen LogP contribution is 2.59. The highest BCUT2D eigenvalue weighted by Gasteiger charge is 2.47. The van der Waals surface area contributed by atoms with Crippen LogP contribution in [-0.4, -0.2) is 17.4 Å². The van der Waals surface area contributed by atoms with Crippen molar-refractivity contribution >= 4 is 17.4 Å². The second kappa shape index (κ2) is 3.48. The van der Waals surface area contributed by atoms with E-state index in [1.807, 2.05) is 0 Å². The molecule has 0 aliphatic heterocycles. The molecular formula is C12H28Si2-. The molecule has 0 aromatic rings. The van der Waals surface area contributed by atoms with Crippen LogP contribution in [0.25, 0.3) is 0 Å². The lowest BCUT2D eigenvalue weighted by Crippen LogP contribution is -2.59. The summed E-state index contributed by atoms with van der Waals surface area (Å²) in [5, 5.41) is 1.27. The van der Waals surface area contributed by atoms with Gasteiger partial charge in [0.15, 0.2) is 0 Å². The van der Waals surface area contributed by atoms with Gasteiger partial charge in [0.25, 0.3) is 0 Å². The van der Waals surface area contributed by atoms with Crippen LogP contribution in [0.3, 0.4) is 0 Å². The topological polar surface area (TPSA) is 0 Å². The van der Waals surface area contributed by atoms with E-state index in [0.717, 1.165) is 0 Å². The van der Waals surface area contributed by atoms with E-state index in [-0.39, 0.29) is 0 Å². The minimum Gasteiger partial charge on any atom is -0.447 e. The molecule has 0 saturated heterocycles. The van der Waals surface area contributed by atoms with Crippen LogP contribution in [0.5, 0.6) is 0 Å². The zero-order valence-corrected chi connectivity index (χ0v) is 13.7. The molecule has 0 amide bonds. The third-order valence-electron chi connectivity index (χ3n) is 3.55. The van der Waals surface area contributed by atoms with Gasteiger partial charge in [-0.2, -0.15) is 0 Å². The SMILES string of the molecule is CC(C)(C)[Si]([SiH-])(C(C)(C)C)C(C)(C)C. The molecule has 0 unspecified atom stereocenters. The predicted octanol–water partition coefficient (Wildman–Crippen LogP) is 4.23. The highest BCUT2D eigenvalue weighted by molar-refractivity contribution is 7.21. The summed E-state index contributed by atoms with van der Waals surface area (Å²) >= 11 is 0. The monoisotopic (exact) mass is 228 g/mol. The largest absolute Gasteiger partial charge is 0.447 e. The average molecular weight is 229 g/mol.